The van der Waals surface area contributed by atoms with Crippen molar-refractivity contribution in [1.82, 2.24) is 0 Å². The van der Waals surface area contributed by atoms with Crippen molar-refractivity contribution in [2.75, 3.05) is 0 Å². The fourth-order valence-corrected chi connectivity index (χ4v) is 3.07. The van der Waals surface area contributed by atoms with Crippen molar-refractivity contribution in [2.24, 2.45) is 0 Å². The first-order valence-electron chi connectivity index (χ1n) is 3.55. The Bertz CT molecular complexity index is 433. The average molecular weight is 290 g/mol. The van der Waals surface area contributed by atoms with Crippen LogP contribution in [0, 0.1) is 10.5 Å². The molecule has 62 valence electrons. The van der Waals surface area contributed by atoms with Crippen molar-refractivity contribution < 1.29 is 5.11 Å². The minimum Gasteiger partial charge on any atom is -0.506 e. The van der Waals surface area contributed by atoms with Gasteiger partial charge in [-0.05, 0) is 41.1 Å². The molecular formula is C9H7IOS. The average Bonchev–Trinajstić information content (AvgIpc) is 2.42. The van der Waals surface area contributed by atoms with Gasteiger partial charge in [0.15, 0.2) is 0 Å². The van der Waals surface area contributed by atoms with E-state index in [0.29, 0.717) is 5.75 Å². The van der Waals surface area contributed by atoms with Crippen molar-refractivity contribution in [3.05, 3.63) is 26.6 Å². The first-order valence-corrected chi connectivity index (χ1v) is 5.51. The molecule has 0 bridgehead atoms. The van der Waals surface area contributed by atoms with Gasteiger partial charge in [-0.2, -0.15) is 0 Å². The molecule has 0 spiro atoms. The van der Waals surface area contributed by atoms with Crippen LogP contribution in [0.1, 0.15) is 5.56 Å². The second kappa shape index (κ2) is 2.88. The molecule has 0 saturated heterocycles. The van der Waals surface area contributed by atoms with E-state index in [1.807, 2.05) is 6.07 Å². The van der Waals surface area contributed by atoms with Crippen LogP contribution in [0.4, 0.5) is 0 Å². The van der Waals surface area contributed by atoms with Crippen LogP contribution < -0.4 is 0 Å². The van der Waals surface area contributed by atoms with E-state index in [0.717, 1.165) is 8.96 Å². The molecule has 1 aromatic heterocycles. The van der Waals surface area contributed by atoms with Gasteiger partial charge >= 0.3 is 0 Å². The molecule has 12 heavy (non-hydrogen) atoms. The van der Waals surface area contributed by atoms with E-state index in [9.17, 15) is 5.11 Å². The Morgan fingerprint density at radius 2 is 2.17 bits per heavy atom. The van der Waals surface area contributed by atoms with Gasteiger partial charge in [0.05, 0.1) is 0 Å². The van der Waals surface area contributed by atoms with Gasteiger partial charge in [0.2, 0.25) is 0 Å². The van der Waals surface area contributed by atoms with Crippen molar-refractivity contribution in [2.45, 2.75) is 6.92 Å². The zero-order chi connectivity index (χ0) is 8.72. The lowest BCUT2D eigenvalue weighted by molar-refractivity contribution is 0.483. The predicted molar refractivity (Wildman–Crippen MR) is 60.9 cm³/mol. The SMILES string of the molecule is Cc1ccc(I)c2c(O)csc12. The molecule has 1 N–H and O–H groups in total. The Morgan fingerprint density at radius 3 is 2.83 bits per heavy atom. The summed E-state index contributed by atoms with van der Waals surface area (Å²) < 4.78 is 2.31. The highest BCUT2D eigenvalue weighted by Gasteiger charge is 2.07. The third kappa shape index (κ3) is 1.11. The van der Waals surface area contributed by atoms with Gasteiger partial charge in [-0.15, -0.1) is 11.3 Å². The number of aromatic hydroxyl groups is 1. The number of aryl methyl sites for hydroxylation is 1. The van der Waals surface area contributed by atoms with Crippen LogP contribution in [-0.4, -0.2) is 5.11 Å². The predicted octanol–water partition coefficient (Wildman–Crippen LogP) is 3.52. The number of benzene rings is 1. The van der Waals surface area contributed by atoms with Gasteiger partial charge in [0, 0.05) is 19.0 Å². The first kappa shape index (κ1) is 8.31. The van der Waals surface area contributed by atoms with Gasteiger partial charge < -0.3 is 5.11 Å². The number of thiophene rings is 1. The molecule has 0 fully saturated rings. The van der Waals surface area contributed by atoms with E-state index >= 15 is 0 Å². The number of hydrogen-bond donors (Lipinski definition) is 1. The lowest BCUT2D eigenvalue weighted by atomic mass is 10.2. The van der Waals surface area contributed by atoms with Crippen molar-refractivity contribution in [3.63, 3.8) is 0 Å². The van der Waals surface area contributed by atoms with Gasteiger partial charge in [-0.25, -0.2) is 0 Å². The van der Waals surface area contributed by atoms with Gasteiger partial charge in [-0.3, -0.25) is 0 Å². The summed E-state index contributed by atoms with van der Waals surface area (Å²) in [5, 5.41) is 12.3. The molecule has 1 nitrogen and oxygen atoms in total. The van der Waals surface area contributed by atoms with Crippen LogP contribution in [0.3, 0.4) is 0 Å². The second-order valence-corrected chi connectivity index (χ2v) is 4.73. The molecular weight excluding hydrogens is 283 g/mol. The third-order valence-electron chi connectivity index (χ3n) is 1.85. The lowest BCUT2D eigenvalue weighted by Crippen LogP contribution is -1.76. The monoisotopic (exact) mass is 290 g/mol. The van der Waals surface area contributed by atoms with E-state index in [1.165, 1.54) is 10.3 Å². The molecule has 1 heterocycles. The van der Waals surface area contributed by atoms with Crippen LogP contribution in [0.2, 0.25) is 0 Å². The summed E-state index contributed by atoms with van der Waals surface area (Å²) in [6, 6.07) is 4.12. The van der Waals surface area contributed by atoms with E-state index < -0.39 is 0 Å². The summed E-state index contributed by atoms with van der Waals surface area (Å²) in [4.78, 5) is 0. The normalized spacial score (nSPS) is 10.8. The molecule has 0 atom stereocenters. The molecule has 2 rings (SSSR count). The number of fused-ring (bicyclic) bond motifs is 1. The maximum absolute atomic E-state index is 9.52. The van der Waals surface area contributed by atoms with E-state index in [4.69, 9.17) is 0 Å². The van der Waals surface area contributed by atoms with Crippen molar-refractivity contribution in [1.29, 1.82) is 0 Å². The smallest absolute Gasteiger partial charge is 0.135 e. The van der Waals surface area contributed by atoms with Crippen molar-refractivity contribution in [3.8, 4) is 5.75 Å². The Kier molecular flexibility index (Phi) is 2.00. The van der Waals surface area contributed by atoms with E-state index in [2.05, 4.69) is 35.6 Å². The summed E-state index contributed by atoms with van der Waals surface area (Å²) in [5.41, 5.74) is 1.23. The van der Waals surface area contributed by atoms with E-state index in [1.54, 1.807) is 16.7 Å². The van der Waals surface area contributed by atoms with E-state index in [-0.39, 0.29) is 0 Å². The zero-order valence-electron chi connectivity index (χ0n) is 6.47. The maximum Gasteiger partial charge on any atom is 0.135 e. The highest BCUT2D eigenvalue weighted by Crippen LogP contribution is 2.36. The Labute approximate surface area is 88.2 Å². The lowest BCUT2D eigenvalue weighted by Gasteiger charge is -1.97. The topological polar surface area (TPSA) is 20.2 Å². The van der Waals surface area contributed by atoms with Gasteiger partial charge in [0.1, 0.15) is 5.75 Å². The highest BCUT2D eigenvalue weighted by molar-refractivity contribution is 14.1. The number of rotatable bonds is 0. The Balaban J connectivity index is 2.98. The fraction of sp³-hybridized carbons (Fsp3) is 0.111. The minimum atomic E-state index is 0.406. The Morgan fingerprint density at radius 1 is 1.42 bits per heavy atom. The summed E-state index contributed by atoms with van der Waals surface area (Å²) in [6.07, 6.45) is 0. The molecule has 0 aliphatic heterocycles. The molecule has 0 saturated carbocycles. The fourth-order valence-electron chi connectivity index (χ4n) is 1.23. The summed E-state index contributed by atoms with van der Waals surface area (Å²) in [6.45, 7) is 2.06. The number of hydrogen-bond acceptors (Lipinski definition) is 2. The first-order chi connectivity index (χ1) is 5.70. The van der Waals surface area contributed by atoms with Gasteiger partial charge in [0.25, 0.3) is 0 Å². The quantitative estimate of drug-likeness (QED) is 0.736. The molecule has 0 radical (unpaired) electrons. The molecule has 0 amide bonds. The molecule has 2 aromatic rings. The molecule has 0 aliphatic carbocycles. The van der Waals surface area contributed by atoms with Crippen LogP contribution in [-0.2, 0) is 0 Å². The molecule has 1 aromatic carbocycles. The second-order valence-electron chi connectivity index (χ2n) is 2.69. The third-order valence-corrected chi connectivity index (χ3v) is 3.85. The van der Waals surface area contributed by atoms with Crippen LogP contribution >= 0.6 is 33.9 Å². The van der Waals surface area contributed by atoms with Crippen LogP contribution in [0.25, 0.3) is 10.1 Å². The molecule has 0 unspecified atom stereocenters. The Hall–Kier alpha value is -0.290. The van der Waals surface area contributed by atoms with Crippen molar-refractivity contribution >= 4 is 44.0 Å². The minimum absolute atomic E-state index is 0.406. The maximum atomic E-state index is 9.52. The summed E-state index contributed by atoms with van der Waals surface area (Å²) in [7, 11) is 0. The van der Waals surface area contributed by atoms with Gasteiger partial charge in [-0.1, -0.05) is 6.07 Å². The standard InChI is InChI=1S/C9H7IOS/c1-5-2-3-6(10)8-7(11)4-12-9(5)8/h2-4,11H,1H3. The summed E-state index contributed by atoms with van der Waals surface area (Å²) >= 11 is 3.84. The number of halogens is 1. The zero-order valence-corrected chi connectivity index (χ0v) is 9.44. The molecule has 3 heteroatoms. The summed E-state index contributed by atoms with van der Waals surface area (Å²) in [5.74, 6) is 0.406. The largest absolute Gasteiger partial charge is 0.506 e. The highest BCUT2D eigenvalue weighted by atomic mass is 127. The van der Waals surface area contributed by atoms with Crippen LogP contribution in [0.5, 0.6) is 5.75 Å². The van der Waals surface area contributed by atoms with Crippen LogP contribution in [0.15, 0.2) is 17.5 Å². The molecule has 0 aliphatic rings.